The minimum Gasteiger partial charge on any atom is -0.482 e. The van der Waals surface area contributed by atoms with Crippen molar-refractivity contribution in [1.29, 1.82) is 0 Å². The number of aliphatic carboxylic acids is 1. The second kappa shape index (κ2) is 7.97. The fourth-order valence-corrected chi connectivity index (χ4v) is 3.31. The van der Waals surface area contributed by atoms with Gasteiger partial charge < -0.3 is 15.2 Å². The Labute approximate surface area is 145 Å². The van der Waals surface area contributed by atoms with E-state index in [0.29, 0.717) is 16.3 Å². The number of hydrogen-bond donors (Lipinski definition) is 2. The van der Waals surface area contributed by atoms with E-state index in [0.717, 1.165) is 18.4 Å². The summed E-state index contributed by atoms with van der Waals surface area (Å²) >= 11 is 1.50. The fourth-order valence-electron chi connectivity index (χ4n) is 2.34. The predicted octanol–water partition coefficient (Wildman–Crippen LogP) is 4.03. The highest BCUT2D eigenvalue weighted by Crippen LogP contribution is 2.26. The molecule has 0 aliphatic heterocycles. The van der Waals surface area contributed by atoms with Crippen LogP contribution in [-0.2, 0) is 11.2 Å². The summed E-state index contributed by atoms with van der Waals surface area (Å²) in [6.45, 7) is 5.60. The van der Waals surface area contributed by atoms with E-state index >= 15 is 0 Å². The normalized spacial score (nSPS) is 10.5. The molecule has 0 saturated heterocycles. The molecule has 0 radical (unpaired) electrons. The molecule has 0 fully saturated rings. The van der Waals surface area contributed by atoms with Gasteiger partial charge in [-0.05, 0) is 55.7 Å². The van der Waals surface area contributed by atoms with Crippen LogP contribution in [0.4, 0.5) is 5.69 Å². The molecule has 0 atom stereocenters. The summed E-state index contributed by atoms with van der Waals surface area (Å²) in [5.74, 6) is -0.696. The minimum atomic E-state index is -1.03. The Kier molecular flexibility index (Phi) is 5.98. The zero-order valence-corrected chi connectivity index (χ0v) is 14.8. The van der Waals surface area contributed by atoms with Gasteiger partial charge in [0.15, 0.2) is 6.61 Å². The molecule has 5 nitrogen and oxygen atoms in total. The lowest BCUT2D eigenvalue weighted by molar-refractivity contribution is -0.139. The van der Waals surface area contributed by atoms with Gasteiger partial charge in [-0.3, -0.25) is 4.79 Å². The number of thiophene rings is 1. The van der Waals surface area contributed by atoms with Gasteiger partial charge in [0.05, 0.1) is 4.88 Å². The first kappa shape index (κ1) is 18.0. The van der Waals surface area contributed by atoms with Gasteiger partial charge in [0.2, 0.25) is 0 Å². The number of carbonyl (C=O) groups is 2. The highest BCUT2D eigenvalue weighted by molar-refractivity contribution is 7.14. The highest BCUT2D eigenvalue weighted by Gasteiger charge is 2.13. The number of ether oxygens (including phenoxy) is 1. The van der Waals surface area contributed by atoms with Gasteiger partial charge in [0.1, 0.15) is 5.75 Å². The van der Waals surface area contributed by atoms with E-state index in [4.69, 9.17) is 9.84 Å². The van der Waals surface area contributed by atoms with Crippen molar-refractivity contribution >= 4 is 28.9 Å². The van der Waals surface area contributed by atoms with Crippen molar-refractivity contribution in [1.82, 2.24) is 0 Å². The molecule has 0 spiro atoms. The number of aryl methyl sites for hydroxylation is 3. The summed E-state index contributed by atoms with van der Waals surface area (Å²) in [5, 5.41) is 11.5. The van der Waals surface area contributed by atoms with Crippen LogP contribution in [0, 0.1) is 13.8 Å². The molecule has 2 N–H and O–H groups in total. The maximum atomic E-state index is 12.4. The van der Waals surface area contributed by atoms with Crippen LogP contribution in [0.15, 0.2) is 24.3 Å². The number of carboxylic acid groups (broad SMARTS) is 1. The lowest BCUT2D eigenvalue weighted by Crippen LogP contribution is -2.12. The SMILES string of the molecule is CCCc1cc(C(=O)Nc2ccc(OCC(=O)O)cc2C)sc1C. The summed E-state index contributed by atoms with van der Waals surface area (Å²) in [5.41, 5.74) is 2.72. The molecule has 0 bridgehead atoms. The largest absolute Gasteiger partial charge is 0.482 e. The van der Waals surface area contributed by atoms with Crippen LogP contribution in [0.25, 0.3) is 0 Å². The topological polar surface area (TPSA) is 75.6 Å². The van der Waals surface area contributed by atoms with E-state index in [1.807, 2.05) is 19.9 Å². The van der Waals surface area contributed by atoms with Gasteiger partial charge >= 0.3 is 5.97 Å². The van der Waals surface area contributed by atoms with Crippen LogP contribution < -0.4 is 10.1 Å². The molecule has 1 heterocycles. The summed E-state index contributed by atoms with van der Waals surface area (Å²) in [6.07, 6.45) is 2.03. The summed E-state index contributed by atoms with van der Waals surface area (Å²) in [7, 11) is 0. The van der Waals surface area contributed by atoms with Gasteiger partial charge in [-0.25, -0.2) is 4.79 Å². The van der Waals surface area contributed by atoms with E-state index in [-0.39, 0.29) is 12.5 Å². The lowest BCUT2D eigenvalue weighted by Gasteiger charge is -2.10. The summed E-state index contributed by atoms with van der Waals surface area (Å²) in [6, 6.07) is 7.03. The third kappa shape index (κ3) is 4.58. The van der Waals surface area contributed by atoms with Crippen molar-refractivity contribution in [3.05, 3.63) is 45.1 Å². The maximum absolute atomic E-state index is 12.4. The van der Waals surface area contributed by atoms with Crippen molar-refractivity contribution < 1.29 is 19.4 Å². The number of rotatable bonds is 7. The van der Waals surface area contributed by atoms with Gasteiger partial charge in [0, 0.05) is 10.6 Å². The molecule has 2 rings (SSSR count). The van der Waals surface area contributed by atoms with E-state index in [1.165, 1.54) is 21.8 Å². The molecule has 0 aliphatic rings. The molecule has 24 heavy (non-hydrogen) atoms. The van der Waals surface area contributed by atoms with Crippen molar-refractivity contribution in [2.75, 3.05) is 11.9 Å². The maximum Gasteiger partial charge on any atom is 0.341 e. The first-order chi connectivity index (χ1) is 11.4. The Morgan fingerprint density at radius 1 is 1.25 bits per heavy atom. The van der Waals surface area contributed by atoms with Crippen molar-refractivity contribution in [3.8, 4) is 5.75 Å². The Balaban J connectivity index is 2.08. The molecule has 2 aromatic rings. The molecule has 1 aromatic heterocycles. The number of carbonyl (C=O) groups excluding carboxylic acids is 1. The third-order valence-electron chi connectivity index (χ3n) is 3.57. The van der Waals surface area contributed by atoms with Crippen molar-refractivity contribution in [2.24, 2.45) is 0 Å². The van der Waals surface area contributed by atoms with Crippen LogP contribution in [0.2, 0.25) is 0 Å². The molecule has 0 saturated carbocycles. The van der Waals surface area contributed by atoms with Crippen molar-refractivity contribution in [3.63, 3.8) is 0 Å². The Morgan fingerprint density at radius 2 is 2.00 bits per heavy atom. The molecular weight excluding hydrogens is 326 g/mol. The van der Waals surface area contributed by atoms with Gasteiger partial charge in [-0.2, -0.15) is 0 Å². The van der Waals surface area contributed by atoms with Crippen LogP contribution in [-0.4, -0.2) is 23.6 Å². The monoisotopic (exact) mass is 347 g/mol. The number of anilines is 1. The number of nitrogens with one attached hydrogen (secondary N) is 1. The first-order valence-corrected chi connectivity index (χ1v) is 8.58. The smallest absolute Gasteiger partial charge is 0.341 e. The van der Waals surface area contributed by atoms with Crippen LogP contribution >= 0.6 is 11.3 Å². The van der Waals surface area contributed by atoms with Gasteiger partial charge in [-0.1, -0.05) is 13.3 Å². The molecule has 1 aromatic carbocycles. The second-order valence-corrected chi connectivity index (χ2v) is 6.81. The number of carboxylic acids is 1. The quantitative estimate of drug-likeness (QED) is 0.793. The average molecular weight is 347 g/mol. The molecule has 0 aliphatic carbocycles. The Hall–Kier alpha value is -2.34. The van der Waals surface area contributed by atoms with Crippen LogP contribution in [0.5, 0.6) is 5.75 Å². The van der Waals surface area contributed by atoms with Crippen LogP contribution in [0.1, 0.15) is 39.0 Å². The van der Waals surface area contributed by atoms with E-state index < -0.39 is 5.97 Å². The number of hydrogen-bond acceptors (Lipinski definition) is 4. The number of benzene rings is 1. The zero-order valence-electron chi connectivity index (χ0n) is 14.0. The standard InChI is InChI=1S/C18H21NO4S/c1-4-5-13-9-16(24-12(13)3)18(22)19-15-7-6-14(8-11(15)2)23-10-17(20)21/h6-9H,4-5,10H2,1-3H3,(H,19,22)(H,20,21). The lowest BCUT2D eigenvalue weighted by atomic mass is 10.1. The van der Waals surface area contributed by atoms with E-state index in [1.54, 1.807) is 18.2 Å². The Morgan fingerprint density at radius 3 is 2.62 bits per heavy atom. The second-order valence-electron chi connectivity index (χ2n) is 5.56. The summed E-state index contributed by atoms with van der Waals surface area (Å²) in [4.78, 5) is 24.8. The molecule has 0 unspecified atom stereocenters. The van der Waals surface area contributed by atoms with Gasteiger partial charge in [0.25, 0.3) is 5.91 Å². The summed E-state index contributed by atoms with van der Waals surface area (Å²) < 4.78 is 5.13. The third-order valence-corrected chi connectivity index (χ3v) is 4.66. The fraction of sp³-hybridized carbons (Fsp3) is 0.333. The van der Waals surface area contributed by atoms with E-state index in [2.05, 4.69) is 12.2 Å². The zero-order chi connectivity index (χ0) is 17.7. The van der Waals surface area contributed by atoms with Crippen molar-refractivity contribution in [2.45, 2.75) is 33.6 Å². The molecule has 128 valence electrons. The number of amides is 1. The molecule has 6 heteroatoms. The molecular formula is C18H21NO4S. The minimum absolute atomic E-state index is 0.132. The average Bonchev–Trinajstić information content (AvgIpc) is 2.89. The molecule has 1 amide bonds. The van der Waals surface area contributed by atoms with Gasteiger partial charge in [-0.15, -0.1) is 11.3 Å². The van der Waals surface area contributed by atoms with E-state index in [9.17, 15) is 9.59 Å². The first-order valence-electron chi connectivity index (χ1n) is 7.76. The predicted molar refractivity (Wildman–Crippen MR) is 95.3 cm³/mol. The highest BCUT2D eigenvalue weighted by atomic mass is 32.1. The Bertz CT molecular complexity index is 751. The van der Waals surface area contributed by atoms with Crippen LogP contribution in [0.3, 0.4) is 0 Å².